The van der Waals surface area contributed by atoms with Crippen molar-refractivity contribution < 1.29 is 28.6 Å². The first-order chi connectivity index (χ1) is 16.7. The number of nitrogens with two attached hydrogens (primary N) is 1. The zero-order valence-electron chi connectivity index (χ0n) is 20.1. The number of carbonyl (C=O) groups is 2. The Labute approximate surface area is 205 Å². The van der Waals surface area contributed by atoms with Gasteiger partial charge in [0.2, 0.25) is 11.8 Å². The molecular weight excluding hydrogens is 456 g/mol. The molecule has 1 saturated carbocycles. The third-order valence-corrected chi connectivity index (χ3v) is 8.26. The molecule has 2 unspecified atom stereocenters. The molecule has 1 aromatic rings. The highest BCUT2D eigenvalue weighted by Crippen LogP contribution is 2.43. The highest BCUT2D eigenvalue weighted by Gasteiger charge is 2.42. The Bertz CT molecular complexity index is 890. The number of benzene rings is 1. The number of hydrogen-bond donors (Lipinski definition) is 3. The van der Waals surface area contributed by atoms with Crippen molar-refractivity contribution in [1.29, 1.82) is 0 Å². The van der Waals surface area contributed by atoms with E-state index < -0.39 is 30.4 Å². The molecule has 3 aliphatic rings. The molecule has 2 aliphatic heterocycles. The normalized spacial score (nSPS) is 27.5. The topological polar surface area (TPSA) is 107 Å². The maximum Gasteiger partial charge on any atom is 0.253 e. The Morgan fingerprint density at radius 1 is 1.11 bits per heavy atom. The minimum atomic E-state index is -2.63. The lowest BCUT2D eigenvalue weighted by atomic mass is 9.82. The Morgan fingerprint density at radius 2 is 1.74 bits per heavy atom. The predicted octanol–water partition coefficient (Wildman–Crippen LogP) is 2.50. The third kappa shape index (κ3) is 6.01. The van der Waals surface area contributed by atoms with Crippen LogP contribution in [0.15, 0.2) is 24.3 Å². The summed E-state index contributed by atoms with van der Waals surface area (Å²) in [5, 5.41) is 19.3. The van der Waals surface area contributed by atoms with Gasteiger partial charge in [-0.3, -0.25) is 14.5 Å². The smallest absolute Gasteiger partial charge is 0.253 e. The molecule has 3 fully saturated rings. The maximum absolute atomic E-state index is 13.6. The first-order valence-electron chi connectivity index (χ1n) is 12.8. The number of alkyl halides is 2. The molecule has 2 saturated heterocycles. The molecule has 0 radical (unpaired) electrons. The van der Waals surface area contributed by atoms with Crippen LogP contribution in [0, 0.1) is 5.92 Å². The minimum absolute atomic E-state index is 0.0303. The summed E-state index contributed by atoms with van der Waals surface area (Å²) in [6, 6.07) is 8.19. The van der Waals surface area contributed by atoms with E-state index in [0.717, 1.165) is 31.2 Å². The summed E-state index contributed by atoms with van der Waals surface area (Å²) in [5.74, 6) is -3.36. The fraction of sp³-hybridized carbons (Fsp3) is 0.692. The Balaban J connectivity index is 1.39. The van der Waals surface area contributed by atoms with Crippen LogP contribution in [0.4, 0.5) is 8.78 Å². The lowest BCUT2D eigenvalue weighted by molar-refractivity contribution is -0.143. The zero-order valence-corrected chi connectivity index (χ0v) is 20.1. The summed E-state index contributed by atoms with van der Waals surface area (Å²) in [4.78, 5) is 28.7. The zero-order chi connectivity index (χ0) is 25.2. The van der Waals surface area contributed by atoms with Crippen molar-refractivity contribution in [3.8, 4) is 0 Å². The largest absolute Gasteiger partial charge is 0.393 e. The number of amides is 2. The van der Waals surface area contributed by atoms with Crippen molar-refractivity contribution in [3.63, 3.8) is 0 Å². The molecule has 9 heteroatoms. The van der Waals surface area contributed by atoms with Gasteiger partial charge in [0, 0.05) is 50.1 Å². The summed E-state index contributed by atoms with van der Waals surface area (Å²) in [6.45, 7) is 0.683. The van der Waals surface area contributed by atoms with Crippen molar-refractivity contribution in [2.75, 3.05) is 26.2 Å². The molecule has 3 atom stereocenters. The molecule has 7 nitrogen and oxygen atoms in total. The molecule has 2 heterocycles. The number of aliphatic hydroxyl groups is 2. The van der Waals surface area contributed by atoms with Gasteiger partial charge in [0.05, 0.1) is 6.61 Å². The molecular formula is C26H37F2N3O4. The van der Waals surface area contributed by atoms with Gasteiger partial charge in [-0.2, -0.15) is 0 Å². The monoisotopic (exact) mass is 493 g/mol. The van der Waals surface area contributed by atoms with Crippen molar-refractivity contribution in [1.82, 2.24) is 9.80 Å². The number of fused-ring (bicyclic) bond motifs is 2. The fourth-order valence-corrected chi connectivity index (χ4v) is 6.38. The van der Waals surface area contributed by atoms with Crippen LogP contribution in [0.1, 0.15) is 73.2 Å². The van der Waals surface area contributed by atoms with E-state index in [2.05, 4.69) is 4.90 Å². The highest BCUT2D eigenvalue weighted by atomic mass is 19.3. The van der Waals surface area contributed by atoms with E-state index in [9.17, 15) is 28.6 Å². The van der Waals surface area contributed by atoms with Crippen LogP contribution in [-0.4, -0.2) is 82.2 Å². The number of hydrogen-bond acceptors (Lipinski definition) is 5. The summed E-state index contributed by atoms with van der Waals surface area (Å²) < 4.78 is 27.2. The summed E-state index contributed by atoms with van der Waals surface area (Å²) in [5.41, 5.74) is 7.19. The second kappa shape index (κ2) is 10.9. The number of carbonyl (C=O) groups excluding carboxylic acids is 2. The predicted molar refractivity (Wildman–Crippen MR) is 127 cm³/mol. The van der Waals surface area contributed by atoms with Crippen LogP contribution >= 0.6 is 0 Å². The van der Waals surface area contributed by atoms with Gasteiger partial charge in [-0.25, -0.2) is 8.78 Å². The lowest BCUT2D eigenvalue weighted by Gasteiger charge is -2.41. The van der Waals surface area contributed by atoms with Crippen LogP contribution in [-0.2, 0) is 4.79 Å². The first-order valence-corrected chi connectivity index (χ1v) is 12.8. The molecule has 0 aromatic heterocycles. The number of nitrogens with zero attached hydrogens (tertiary/aromatic N) is 2. The average molecular weight is 494 g/mol. The number of aliphatic hydroxyl groups excluding tert-OH is 2. The Kier molecular flexibility index (Phi) is 8.08. The van der Waals surface area contributed by atoms with Crippen molar-refractivity contribution in [2.24, 2.45) is 11.7 Å². The van der Waals surface area contributed by atoms with Crippen molar-refractivity contribution >= 4 is 11.8 Å². The number of piperidine rings is 1. The van der Waals surface area contributed by atoms with E-state index in [1.807, 2.05) is 18.2 Å². The van der Waals surface area contributed by atoms with Crippen molar-refractivity contribution in [3.05, 3.63) is 35.4 Å². The number of rotatable bonds is 9. The molecule has 194 valence electrons. The standard InChI is InChI=1S/C26H37F2N3O4/c27-26(28)9-7-17(8-10-26)15-30(25(35)23(33)16-32)11-12-31-19-5-6-20(31)14-18(13-19)21-3-1-2-4-22(21)24(29)34/h1-4,17-20,23,32-33H,5-16H2,(H2,29,34)/t18?,19?,20?,23-/m0/s1. The van der Waals surface area contributed by atoms with E-state index in [1.54, 1.807) is 11.0 Å². The quantitative estimate of drug-likeness (QED) is 0.490. The van der Waals surface area contributed by atoms with Crippen LogP contribution < -0.4 is 5.73 Å². The van der Waals surface area contributed by atoms with Gasteiger partial charge >= 0.3 is 0 Å². The van der Waals surface area contributed by atoms with E-state index in [4.69, 9.17) is 5.73 Å². The second-order valence-corrected chi connectivity index (χ2v) is 10.5. The van der Waals surface area contributed by atoms with E-state index in [1.165, 1.54) is 0 Å². The maximum atomic E-state index is 13.6. The van der Waals surface area contributed by atoms with Gasteiger partial charge < -0.3 is 20.8 Å². The molecule has 1 aromatic carbocycles. The molecule has 1 aliphatic carbocycles. The van der Waals surface area contributed by atoms with Crippen LogP contribution in [0.2, 0.25) is 0 Å². The number of primary amides is 1. The SMILES string of the molecule is NC(=O)c1ccccc1C1CC2CCC(C1)N2CCN(CC1CCC(F)(F)CC1)C(=O)[C@@H](O)CO. The molecule has 4 N–H and O–H groups in total. The first kappa shape index (κ1) is 26.0. The van der Waals surface area contributed by atoms with Gasteiger partial charge in [0.1, 0.15) is 0 Å². The highest BCUT2D eigenvalue weighted by molar-refractivity contribution is 5.94. The van der Waals surface area contributed by atoms with Gasteiger partial charge in [-0.1, -0.05) is 18.2 Å². The number of halogens is 2. The van der Waals surface area contributed by atoms with E-state index in [-0.39, 0.29) is 24.7 Å². The molecule has 0 spiro atoms. The Morgan fingerprint density at radius 3 is 2.34 bits per heavy atom. The minimum Gasteiger partial charge on any atom is -0.393 e. The van der Waals surface area contributed by atoms with Gasteiger partial charge in [-0.05, 0) is 62.0 Å². The van der Waals surface area contributed by atoms with Gasteiger partial charge in [0.15, 0.2) is 6.10 Å². The lowest BCUT2D eigenvalue weighted by Crippen LogP contribution is -2.50. The van der Waals surface area contributed by atoms with E-state index >= 15 is 0 Å². The Hall–Kier alpha value is -2.10. The molecule has 2 amide bonds. The molecule has 35 heavy (non-hydrogen) atoms. The van der Waals surface area contributed by atoms with Crippen LogP contribution in [0.3, 0.4) is 0 Å². The average Bonchev–Trinajstić information content (AvgIpc) is 3.08. The fourth-order valence-electron chi connectivity index (χ4n) is 6.38. The summed E-state index contributed by atoms with van der Waals surface area (Å²) in [7, 11) is 0. The second-order valence-electron chi connectivity index (χ2n) is 10.5. The van der Waals surface area contributed by atoms with Gasteiger partial charge in [-0.15, -0.1) is 0 Å². The third-order valence-electron chi connectivity index (χ3n) is 8.26. The van der Waals surface area contributed by atoms with E-state index in [0.29, 0.717) is 50.1 Å². The molecule has 2 bridgehead atoms. The summed E-state index contributed by atoms with van der Waals surface area (Å²) in [6.07, 6.45) is 2.77. The van der Waals surface area contributed by atoms with Gasteiger partial charge in [0.25, 0.3) is 5.91 Å². The van der Waals surface area contributed by atoms with Crippen LogP contribution in [0.25, 0.3) is 0 Å². The summed E-state index contributed by atoms with van der Waals surface area (Å²) >= 11 is 0. The molecule has 4 rings (SSSR count). The van der Waals surface area contributed by atoms with Crippen molar-refractivity contribution in [2.45, 2.75) is 81.4 Å². The van der Waals surface area contributed by atoms with Crippen LogP contribution in [0.5, 0.6) is 0 Å².